The molecule has 0 aromatic heterocycles. The molecule has 0 aliphatic carbocycles. The van der Waals surface area contributed by atoms with Gasteiger partial charge in [0.15, 0.2) is 0 Å². The van der Waals surface area contributed by atoms with Gasteiger partial charge in [-0.25, -0.2) is 0 Å². The van der Waals surface area contributed by atoms with Gasteiger partial charge < -0.3 is 4.18 Å². The first-order valence-electron chi connectivity index (χ1n) is 3.93. The van der Waals surface area contributed by atoms with Crippen molar-refractivity contribution in [3.8, 4) is 0 Å². The fraction of sp³-hybridized carbons (Fsp3) is 0.222. The Balaban J connectivity index is 2.59. The number of benzene rings is 1. The van der Waals surface area contributed by atoms with Crippen LogP contribution in [0.1, 0.15) is 5.56 Å². The van der Waals surface area contributed by atoms with E-state index < -0.39 is 16.1 Å². The lowest BCUT2D eigenvalue weighted by Gasteiger charge is -2.00. The quantitative estimate of drug-likeness (QED) is 0.696. The Hall–Kier alpha value is -1.36. The van der Waals surface area contributed by atoms with Crippen LogP contribution in [0.5, 0.6) is 0 Å². The van der Waals surface area contributed by atoms with Crippen LogP contribution >= 0.6 is 0 Å². The van der Waals surface area contributed by atoms with Crippen LogP contribution in [-0.4, -0.2) is 20.6 Å². The highest BCUT2D eigenvalue weighted by molar-refractivity contribution is 7.86. The lowest BCUT2D eigenvalue weighted by molar-refractivity contribution is -0.133. The largest absolute Gasteiger partial charge is 0.345 e. The Morgan fingerprint density at radius 1 is 1.29 bits per heavy atom. The standard InChI is InChI=1S/C9H10O4S/c1-14(11,12)13-9(10)7-8-5-3-2-4-6-8/h2-6H,7H2,1H3. The summed E-state index contributed by atoms with van der Waals surface area (Å²) in [4.78, 5) is 11.0. The molecule has 1 rings (SSSR count). The highest BCUT2D eigenvalue weighted by Gasteiger charge is 2.10. The molecule has 76 valence electrons. The van der Waals surface area contributed by atoms with Gasteiger partial charge in [-0.3, -0.25) is 4.79 Å². The van der Waals surface area contributed by atoms with Crippen LogP contribution in [0.15, 0.2) is 30.3 Å². The molecule has 0 fully saturated rings. The SMILES string of the molecule is CS(=O)(=O)OC(=O)Cc1ccccc1. The second kappa shape index (κ2) is 4.23. The van der Waals surface area contributed by atoms with Crippen molar-refractivity contribution in [1.29, 1.82) is 0 Å². The van der Waals surface area contributed by atoms with Crippen molar-refractivity contribution in [2.24, 2.45) is 0 Å². The fourth-order valence-corrected chi connectivity index (χ4v) is 1.36. The van der Waals surface area contributed by atoms with Gasteiger partial charge in [-0.05, 0) is 5.56 Å². The van der Waals surface area contributed by atoms with Gasteiger partial charge in [0.1, 0.15) is 0 Å². The van der Waals surface area contributed by atoms with Crippen molar-refractivity contribution in [3.63, 3.8) is 0 Å². The number of carbonyl (C=O) groups is 1. The third kappa shape index (κ3) is 4.04. The summed E-state index contributed by atoms with van der Waals surface area (Å²) in [6.07, 6.45) is 0.809. The first-order chi connectivity index (χ1) is 6.47. The molecule has 5 heteroatoms. The molecule has 0 saturated heterocycles. The lowest BCUT2D eigenvalue weighted by Crippen LogP contribution is -2.13. The van der Waals surface area contributed by atoms with Crippen LogP contribution in [0.2, 0.25) is 0 Å². The molecule has 0 radical (unpaired) electrons. The minimum absolute atomic E-state index is 0.0338. The van der Waals surface area contributed by atoms with Crippen molar-refractivity contribution < 1.29 is 17.4 Å². The topological polar surface area (TPSA) is 60.4 Å². The van der Waals surface area contributed by atoms with E-state index in [0.29, 0.717) is 0 Å². The zero-order chi connectivity index (χ0) is 10.6. The molecular weight excluding hydrogens is 204 g/mol. The zero-order valence-corrected chi connectivity index (χ0v) is 8.45. The summed E-state index contributed by atoms with van der Waals surface area (Å²) >= 11 is 0. The number of carbonyl (C=O) groups excluding carboxylic acids is 1. The predicted octanol–water partition coefficient (Wildman–Crippen LogP) is 0.732. The summed E-state index contributed by atoms with van der Waals surface area (Å²) < 4.78 is 25.4. The molecule has 0 bridgehead atoms. The molecular formula is C9H10O4S. The van der Waals surface area contributed by atoms with Gasteiger partial charge in [-0.15, -0.1) is 0 Å². The smallest absolute Gasteiger partial charge is 0.326 e. The number of hydrogen-bond donors (Lipinski definition) is 0. The van der Waals surface area contributed by atoms with E-state index in [1.807, 2.05) is 6.07 Å². The van der Waals surface area contributed by atoms with Gasteiger partial charge in [0.05, 0.1) is 12.7 Å². The summed E-state index contributed by atoms with van der Waals surface area (Å²) in [5.74, 6) is -0.765. The van der Waals surface area contributed by atoms with E-state index >= 15 is 0 Å². The van der Waals surface area contributed by atoms with Crippen LogP contribution in [-0.2, 0) is 25.5 Å². The highest BCUT2D eigenvalue weighted by Crippen LogP contribution is 2.01. The third-order valence-corrected chi connectivity index (χ3v) is 1.92. The Kier molecular flexibility index (Phi) is 3.24. The summed E-state index contributed by atoms with van der Waals surface area (Å²) in [5.41, 5.74) is 0.723. The van der Waals surface area contributed by atoms with Crippen LogP contribution < -0.4 is 0 Å². The summed E-state index contributed by atoms with van der Waals surface area (Å²) in [7, 11) is -3.69. The predicted molar refractivity (Wildman–Crippen MR) is 51.1 cm³/mol. The lowest BCUT2D eigenvalue weighted by atomic mass is 10.2. The van der Waals surface area contributed by atoms with E-state index in [4.69, 9.17) is 0 Å². The summed E-state index contributed by atoms with van der Waals surface area (Å²) in [6.45, 7) is 0. The molecule has 0 heterocycles. The highest BCUT2D eigenvalue weighted by atomic mass is 32.2. The van der Waals surface area contributed by atoms with E-state index in [1.54, 1.807) is 24.3 Å². The molecule has 0 unspecified atom stereocenters. The molecule has 4 nitrogen and oxygen atoms in total. The Labute approximate surface area is 82.6 Å². The Morgan fingerprint density at radius 3 is 2.36 bits per heavy atom. The molecule has 0 atom stereocenters. The summed E-state index contributed by atoms with van der Waals surface area (Å²) in [5, 5.41) is 0. The third-order valence-electron chi connectivity index (χ3n) is 1.44. The fourth-order valence-electron chi connectivity index (χ4n) is 0.961. The maximum atomic E-state index is 11.0. The van der Waals surface area contributed by atoms with Crippen LogP contribution in [0.3, 0.4) is 0 Å². The van der Waals surface area contributed by atoms with Crippen molar-refractivity contribution in [1.82, 2.24) is 0 Å². The Bertz CT molecular complexity index is 408. The molecule has 0 spiro atoms. The van der Waals surface area contributed by atoms with Gasteiger partial charge in [-0.1, -0.05) is 30.3 Å². The maximum Gasteiger partial charge on any atom is 0.326 e. The minimum atomic E-state index is -3.69. The number of hydrogen-bond acceptors (Lipinski definition) is 4. The van der Waals surface area contributed by atoms with Crippen molar-refractivity contribution in [3.05, 3.63) is 35.9 Å². The second-order valence-electron chi connectivity index (χ2n) is 2.82. The van der Waals surface area contributed by atoms with Gasteiger partial charge in [0, 0.05) is 0 Å². The second-order valence-corrected chi connectivity index (χ2v) is 4.40. The van der Waals surface area contributed by atoms with E-state index in [2.05, 4.69) is 4.18 Å². The maximum absolute atomic E-state index is 11.0. The zero-order valence-electron chi connectivity index (χ0n) is 7.64. The molecule has 1 aromatic carbocycles. The van der Waals surface area contributed by atoms with Crippen LogP contribution in [0.25, 0.3) is 0 Å². The molecule has 14 heavy (non-hydrogen) atoms. The van der Waals surface area contributed by atoms with E-state index in [9.17, 15) is 13.2 Å². The van der Waals surface area contributed by atoms with Crippen LogP contribution in [0.4, 0.5) is 0 Å². The Morgan fingerprint density at radius 2 is 1.86 bits per heavy atom. The minimum Gasteiger partial charge on any atom is -0.345 e. The average Bonchev–Trinajstić information content (AvgIpc) is 2.02. The van der Waals surface area contributed by atoms with Gasteiger partial charge in [-0.2, -0.15) is 8.42 Å². The molecule has 1 aromatic rings. The summed E-state index contributed by atoms with van der Waals surface area (Å²) in [6, 6.07) is 8.80. The van der Waals surface area contributed by atoms with Crippen molar-refractivity contribution in [2.75, 3.05) is 6.26 Å². The molecule has 0 aliphatic heterocycles. The van der Waals surface area contributed by atoms with Crippen LogP contribution in [0, 0.1) is 0 Å². The number of rotatable bonds is 3. The van der Waals surface area contributed by atoms with Crippen molar-refractivity contribution >= 4 is 16.1 Å². The van der Waals surface area contributed by atoms with E-state index in [-0.39, 0.29) is 6.42 Å². The molecule has 0 aliphatic rings. The van der Waals surface area contributed by atoms with Gasteiger partial charge >= 0.3 is 16.1 Å². The molecule has 0 N–H and O–H groups in total. The van der Waals surface area contributed by atoms with E-state index in [0.717, 1.165) is 11.8 Å². The molecule has 0 amide bonds. The first-order valence-corrected chi connectivity index (χ1v) is 5.75. The normalized spacial score (nSPS) is 10.9. The van der Waals surface area contributed by atoms with Crippen molar-refractivity contribution in [2.45, 2.75) is 6.42 Å². The van der Waals surface area contributed by atoms with Gasteiger partial charge in [0.25, 0.3) is 0 Å². The molecule has 0 saturated carbocycles. The first kappa shape index (κ1) is 10.7. The average molecular weight is 214 g/mol. The van der Waals surface area contributed by atoms with Gasteiger partial charge in [0.2, 0.25) is 0 Å². The van der Waals surface area contributed by atoms with E-state index in [1.165, 1.54) is 0 Å². The monoisotopic (exact) mass is 214 g/mol.